The number of aromatic amines is 1. The highest BCUT2D eigenvalue weighted by Crippen LogP contribution is 2.25. The fourth-order valence-electron chi connectivity index (χ4n) is 3.90. The van der Waals surface area contributed by atoms with Crippen LogP contribution < -0.4 is 15.6 Å². The van der Waals surface area contributed by atoms with Crippen molar-refractivity contribution in [2.24, 2.45) is 0 Å². The molecule has 1 aliphatic rings. The van der Waals surface area contributed by atoms with Crippen molar-refractivity contribution in [2.75, 3.05) is 20.2 Å². The molecule has 0 atom stereocenters. The average Bonchev–Trinajstić information content (AvgIpc) is 2.82. The van der Waals surface area contributed by atoms with E-state index in [4.69, 9.17) is 4.74 Å². The van der Waals surface area contributed by atoms with Crippen LogP contribution in [-0.4, -0.2) is 43.8 Å². The van der Waals surface area contributed by atoms with E-state index in [1.165, 1.54) is 28.6 Å². The lowest BCUT2D eigenvalue weighted by molar-refractivity contribution is 0.0952. The number of piperidine rings is 1. The molecule has 9 heteroatoms. The fourth-order valence-corrected chi connectivity index (χ4v) is 5.44. The first-order chi connectivity index (χ1) is 15.4. The molecule has 0 aliphatic carbocycles. The van der Waals surface area contributed by atoms with Crippen LogP contribution >= 0.6 is 0 Å². The van der Waals surface area contributed by atoms with Crippen molar-refractivity contribution in [2.45, 2.75) is 30.7 Å². The number of nitrogens with zero attached hydrogens (tertiary/aromatic N) is 1. The standard InChI is InChI=1S/C23H25N3O5S/c1-31-17-7-5-6-16(12-17)15-24-23(28)20-14-22(27)25-21-9-8-18(13-19(20)21)32(29,30)26-10-3-2-4-11-26/h5-9,12-14H,2-4,10-11,15H2,1H3,(H,24,28)(H,25,27). The van der Waals surface area contributed by atoms with Crippen molar-refractivity contribution in [3.05, 3.63) is 70.0 Å². The summed E-state index contributed by atoms with van der Waals surface area (Å²) in [6, 6.07) is 12.9. The largest absolute Gasteiger partial charge is 0.497 e. The molecule has 168 valence electrons. The van der Waals surface area contributed by atoms with Crippen LogP contribution in [0, 0.1) is 0 Å². The summed E-state index contributed by atoms with van der Waals surface area (Å²) in [5, 5.41) is 3.18. The average molecular weight is 456 g/mol. The van der Waals surface area contributed by atoms with Gasteiger partial charge in [0.05, 0.1) is 17.6 Å². The highest BCUT2D eigenvalue weighted by molar-refractivity contribution is 7.89. The quantitative estimate of drug-likeness (QED) is 0.594. The molecular weight excluding hydrogens is 430 g/mol. The van der Waals surface area contributed by atoms with Crippen LogP contribution in [0.4, 0.5) is 0 Å². The zero-order chi connectivity index (χ0) is 22.7. The molecule has 2 aromatic carbocycles. The number of hydrogen-bond donors (Lipinski definition) is 2. The number of nitrogens with one attached hydrogen (secondary N) is 2. The number of H-pyrrole nitrogens is 1. The Bertz CT molecular complexity index is 1310. The zero-order valence-electron chi connectivity index (χ0n) is 17.8. The van der Waals surface area contributed by atoms with E-state index in [0.717, 1.165) is 24.8 Å². The summed E-state index contributed by atoms with van der Waals surface area (Å²) < 4.78 is 32.9. The maximum Gasteiger partial charge on any atom is 0.252 e. The third-order valence-electron chi connectivity index (χ3n) is 5.60. The summed E-state index contributed by atoms with van der Waals surface area (Å²) in [7, 11) is -2.11. The number of ether oxygens (including phenoxy) is 1. The van der Waals surface area contributed by atoms with Gasteiger partial charge < -0.3 is 15.0 Å². The summed E-state index contributed by atoms with van der Waals surface area (Å²) >= 11 is 0. The second kappa shape index (κ2) is 9.13. The number of carbonyl (C=O) groups is 1. The smallest absolute Gasteiger partial charge is 0.252 e. The minimum atomic E-state index is -3.67. The summed E-state index contributed by atoms with van der Waals surface area (Å²) in [6.07, 6.45) is 2.68. The lowest BCUT2D eigenvalue weighted by Gasteiger charge is -2.26. The van der Waals surface area contributed by atoms with Crippen molar-refractivity contribution < 1.29 is 17.9 Å². The van der Waals surface area contributed by atoms with Crippen LogP contribution in [0.25, 0.3) is 10.9 Å². The van der Waals surface area contributed by atoms with E-state index in [1.807, 2.05) is 12.1 Å². The van der Waals surface area contributed by atoms with E-state index in [2.05, 4.69) is 10.3 Å². The maximum atomic E-state index is 13.1. The first-order valence-electron chi connectivity index (χ1n) is 10.5. The monoisotopic (exact) mass is 455 g/mol. The number of rotatable bonds is 6. The molecule has 2 N–H and O–H groups in total. The van der Waals surface area contributed by atoms with Crippen molar-refractivity contribution in [3.63, 3.8) is 0 Å². The van der Waals surface area contributed by atoms with Crippen LogP contribution in [0.5, 0.6) is 5.75 Å². The van der Waals surface area contributed by atoms with E-state index in [1.54, 1.807) is 19.2 Å². The normalized spacial score (nSPS) is 14.9. The molecule has 32 heavy (non-hydrogen) atoms. The summed E-state index contributed by atoms with van der Waals surface area (Å²) in [5.74, 6) is 0.211. The van der Waals surface area contributed by atoms with Gasteiger partial charge in [-0.05, 0) is 48.7 Å². The number of benzene rings is 2. The van der Waals surface area contributed by atoms with E-state index >= 15 is 0 Å². The lowest BCUT2D eigenvalue weighted by Crippen LogP contribution is -2.35. The molecular formula is C23H25N3O5S. The molecule has 1 amide bonds. The van der Waals surface area contributed by atoms with Gasteiger partial charge in [-0.15, -0.1) is 0 Å². The molecule has 0 bridgehead atoms. The van der Waals surface area contributed by atoms with Gasteiger partial charge >= 0.3 is 0 Å². The first-order valence-corrected chi connectivity index (χ1v) is 11.9. The first kappa shape index (κ1) is 22.0. The minimum absolute atomic E-state index is 0.112. The molecule has 2 heterocycles. The topological polar surface area (TPSA) is 109 Å². The third-order valence-corrected chi connectivity index (χ3v) is 7.49. The molecule has 1 saturated heterocycles. The molecule has 1 fully saturated rings. The Labute approximate surface area is 186 Å². The van der Waals surface area contributed by atoms with Gasteiger partial charge in [0.15, 0.2) is 0 Å². The van der Waals surface area contributed by atoms with E-state index in [-0.39, 0.29) is 17.0 Å². The molecule has 3 aromatic rings. The predicted octanol–water partition coefficient (Wildman–Crippen LogP) is 2.64. The number of methoxy groups -OCH3 is 1. The van der Waals surface area contributed by atoms with Gasteiger partial charge in [-0.25, -0.2) is 8.42 Å². The van der Waals surface area contributed by atoms with Gasteiger partial charge in [-0.1, -0.05) is 18.6 Å². The Morgan fingerprint density at radius 3 is 2.62 bits per heavy atom. The number of pyridine rings is 1. The maximum absolute atomic E-state index is 13.1. The number of amides is 1. The van der Waals surface area contributed by atoms with Gasteiger partial charge in [0, 0.05) is 36.6 Å². The Kier molecular flexibility index (Phi) is 6.29. The SMILES string of the molecule is COc1cccc(CNC(=O)c2cc(=O)[nH]c3ccc(S(=O)(=O)N4CCCCC4)cc23)c1. The van der Waals surface area contributed by atoms with Crippen molar-refractivity contribution >= 4 is 26.8 Å². The van der Waals surface area contributed by atoms with Crippen molar-refractivity contribution in [3.8, 4) is 5.75 Å². The summed E-state index contributed by atoms with van der Waals surface area (Å²) in [5.41, 5.74) is 0.930. The molecule has 1 aromatic heterocycles. The highest BCUT2D eigenvalue weighted by atomic mass is 32.2. The third kappa shape index (κ3) is 4.53. The molecule has 0 radical (unpaired) electrons. The van der Waals surface area contributed by atoms with Crippen LogP contribution in [0.2, 0.25) is 0 Å². The number of carbonyl (C=O) groups excluding carboxylic acids is 1. The Morgan fingerprint density at radius 2 is 1.88 bits per heavy atom. The molecule has 0 saturated carbocycles. The van der Waals surface area contributed by atoms with Crippen LogP contribution in [-0.2, 0) is 16.6 Å². The van der Waals surface area contributed by atoms with Crippen molar-refractivity contribution in [1.29, 1.82) is 0 Å². The van der Waals surface area contributed by atoms with Gasteiger partial charge in [0.25, 0.3) is 5.91 Å². The van der Waals surface area contributed by atoms with Crippen LogP contribution in [0.1, 0.15) is 35.2 Å². The second-order valence-electron chi connectivity index (χ2n) is 7.75. The molecule has 1 aliphatic heterocycles. The Morgan fingerprint density at radius 1 is 1.09 bits per heavy atom. The van der Waals surface area contributed by atoms with Crippen LogP contribution in [0.3, 0.4) is 0 Å². The minimum Gasteiger partial charge on any atom is -0.497 e. The van der Waals surface area contributed by atoms with Gasteiger partial charge in [0.1, 0.15) is 5.75 Å². The number of fused-ring (bicyclic) bond motifs is 1. The van der Waals surface area contributed by atoms with E-state index in [0.29, 0.717) is 29.7 Å². The predicted molar refractivity (Wildman–Crippen MR) is 121 cm³/mol. The van der Waals surface area contributed by atoms with E-state index in [9.17, 15) is 18.0 Å². The summed E-state index contributed by atoms with van der Waals surface area (Å²) in [6.45, 7) is 1.20. The molecule has 0 unspecified atom stereocenters. The number of hydrogen-bond acceptors (Lipinski definition) is 5. The summed E-state index contributed by atoms with van der Waals surface area (Å²) in [4.78, 5) is 27.8. The van der Waals surface area contributed by atoms with Gasteiger partial charge in [-0.3, -0.25) is 9.59 Å². The number of sulfonamides is 1. The van der Waals surface area contributed by atoms with Gasteiger partial charge in [0.2, 0.25) is 15.6 Å². The van der Waals surface area contributed by atoms with E-state index < -0.39 is 21.5 Å². The Balaban J connectivity index is 1.66. The molecule has 0 spiro atoms. The lowest BCUT2D eigenvalue weighted by atomic mass is 10.1. The van der Waals surface area contributed by atoms with Crippen LogP contribution in [0.15, 0.2) is 58.2 Å². The number of aromatic nitrogens is 1. The molecule has 8 nitrogen and oxygen atoms in total. The second-order valence-corrected chi connectivity index (χ2v) is 9.69. The fraction of sp³-hybridized carbons (Fsp3) is 0.304. The molecule has 4 rings (SSSR count). The highest BCUT2D eigenvalue weighted by Gasteiger charge is 2.26. The zero-order valence-corrected chi connectivity index (χ0v) is 18.6. The Hall–Kier alpha value is -3.17. The van der Waals surface area contributed by atoms with Crippen molar-refractivity contribution in [1.82, 2.24) is 14.6 Å². The van der Waals surface area contributed by atoms with Gasteiger partial charge in [-0.2, -0.15) is 4.31 Å².